The molecule has 0 bridgehead atoms. The van der Waals surface area contributed by atoms with Crippen LogP contribution < -0.4 is 10.4 Å². The lowest BCUT2D eigenvalue weighted by atomic mass is 9.86. The molecule has 0 saturated carbocycles. The van der Waals surface area contributed by atoms with E-state index >= 15 is 0 Å². The highest BCUT2D eigenvalue weighted by molar-refractivity contribution is 6.04. The SMILES string of the molecule is CCn1cc(-c2cc(Cn3ccn(C)c3=NC(=O)OC(C)(C)C)cc3c2OCC(Cc2ccc(F)c(C(=O)O)c2)C3=O)c(C(F)(F)F)n1. The molecule has 0 radical (unpaired) electrons. The zero-order valence-electron chi connectivity index (χ0n) is 26.8. The van der Waals surface area contributed by atoms with E-state index in [-0.39, 0.29) is 54.2 Å². The molecule has 3 heterocycles. The lowest BCUT2D eigenvalue weighted by Gasteiger charge is -2.27. The molecule has 48 heavy (non-hydrogen) atoms. The summed E-state index contributed by atoms with van der Waals surface area (Å²) in [4.78, 5) is 42.1. The van der Waals surface area contributed by atoms with Crippen molar-refractivity contribution in [2.24, 2.45) is 18.0 Å². The number of carboxylic acids is 1. The molecule has 1 amide bonds. The summed E-state index contributed by atoms with van der Waals surface area (Å²) in [6.07, 6.45) is -1.18. The fourth-order valence-corrected chi connectivity index (χ4v) is 5.43. The number of carbonyl (C=O) groups excluding carboxylic acids is 2. The van der Waals surface area contributed by atoms with Crippen molar-refractivity contribution in [1.82, 2.24) is 18.9 Å². The Morgan fingerprint density at radius 3 is 2.44 bits per heavy atom. The minimum absolute atomic E-state index is 0.00145. The maximum absolute atomic E-state index is 14.2. The zero-order chi connectivity index (χ0) is 35.1. The number of aromatic carboxylic acids is 1. The largest absolute Gasteiger partial charge is 0.491 e. The van der Waals surface area contributed by atoms with Gasteiger partial charge in [0.05, 0.1) is 30.2 Å². The van der Waals surface area contributed by atoms with Crippen LogP contribution in [-0.4, -0.2) is 54.1 Å². The zero-order valence-corrected chi connectivity index (χ0v) is 26.8. The molecule has 1 aliphatic rings. The van der Waals surface area contributed by atoms with Gasteiger partial charge in [0.15, 0.2) is 11.5 Å². The fourth-order valence-electron chi connectivity index (χ4n) is 5.43. The van der Waals surface area contributed by atoms with Gasteiger partial charge in [0, 0.05) is 43.3 Å². The van der Waals surface area contributed by atoms with Gasteiger partial charge < -0.3 is 23.7 Å². The van der Waals surface area contributed by atoms with Crippen LogP contribution in [0.2, 0.25) is 0 Å². The molecular weight excluding hydrogens is 638 g/mol. The number of aromatic nitrogens is 4. The first-order valence-corrected chi connectivity index (χ1v) is 14.9. The molecule has 15 heteroatoms. The lowest BCUT2D eigenvalue weighted by Crippen LogP contribution is -2.31. The summed E-state index contributed by atoms with van der Waals surface area (Å²) in [5.41, 5.74) is -1.83. The third-order valence-corrected chi connectivity index (χ3v) is 7.58. The van der Waals surface area contributed by atoms with Crippen molar-refractivity contribution in [2.75, 3.05) is 6.61 Å². The monoisotopic (exact) mass is 671 g/mol. The van der Waals surface area contributed by atoms with Crippen LogP contribution in [0.3, 0.4) is 0 Å². The van der Waals surface area contributed by atoms with Gasteiger partial charge in [0.2, 0.25) is 5.62 Å². The smallest absolute Gasteiger partial charge is 0.437 e. The van der Waals surface area contributed by atoms with Crippen molar-refractivity contribution in [2.45, 2.75) is 59.0 Å². The summed E-state index contributed by atoms with van der Waals surface area (Å²) >= 11 is 0. The van der Waals surface area contributed by atoms with E-state index in [4.69, 9.17) is 9.47 Å². The van der Waals surface area contributed by atoms with E-state index in [9.17, 15) is 37.1 Å². The summed E-state index contributed by atoms with van der Waals surface area (Å²) in [7, 11) is 1.65. The number of imidazole rings is 1. The van der Waals surface area contributed by atoms with Crippen LogP contribution in [0, 0.1) is 11.7 Å². The number of rotatable bonds is 7. The Morgan fingerprint density at radius 2 is 1.79 bits per heavy atom. The number of carbonyl (C=O) groups is 3. The quantitative estimate of drug-likeness (QED) is 0.243. The number of carboxylic acid groups (broad SMARTS) is 1. The van der Waals surface area contributed by atoms with Crippen LogP contribution >= 0.6 is 0 Å². The Hall–Kier alpha value is -5.21. The van der Waals surface area contributed by atoms with E-state index in [0.29, 0.717) is 11.1 Å². The van der Waals surface area contributed by atoms with Gasteiger partial charge in [-0.05, 0) is 69.5 Å². The number of alkyl halides is 3. The standard InChI is InChI=1S/C33H33F4N5O6/c1-6-42-16-24(28(39-42)33(35,36)37)21-13-19(15-41-10-9-40(5)30(41)38-31(46)48-32(2,3)4)14-23-26(43)20(17-47-27(21)23)11-18-7-8-25(34)22(12-18)29(44)45/h7-10,12-14,16,20H,6,11,15,17H2,1-5H3,(H,44,45). The van der Waals surface area contributed by atoms with Gasteiger partial charge in [0.1, 0.15) is 17.2 Å². The molecule has 0 fully saturated rings. The average Bonchev–Trinajstić information content (AvgIpc) is 3.58. The molecule has 5 rings (SSSR count). The van der Waals surface area contributed by atoms with Crippen molar-refractivity contribution in [3.8, 4) is 16.9 Å². The second-order valence-electron chi connectivity index (χ2n) is 12.4. The molecule has 11 nitrogen and oxygen atoms in total. The highest BCUT2D eigenvalue weighted by atomic mass is 19.4. The van der Waals surface area contributed by atoms with Gasteiger partial charge in [-0.1, -0.05) is 6.07 Å². The Kier molecular flexibility index (Phi) is 9.08. The van der Waals surface area contributed by atoms with Crippen LogP contribution in [0.15, 0.2) is 53.9 Å². The molecule has 1 N–H and O–H groups in total. The first-order chi connectivity index (χ1) is 22.4. The highest BCUT2D eigenvalue weighted by Crippen LogP contribution is 2.44. The molecule has 2 aromatic heterocycles. The third-order valence-electron chi connectivity index (χ3n) is 7.58. The van der Waals surface area contributed by atoms with Crippen LogP contribution in [-0.2, 0) is 37.5 Å². The minimum Gasteiger partial charge on any atom is -0.491 e. The third kappa shape index (κ3) is 7.19. The number of nitrogens with zero attached hydrogens (tertiary/aromatic N) is 5. The number of amides is 1. The fraction of sp³-hybridized carbons (Fsp3) is 0.364. The normalized spacial score (nSPS) is 15.3. The number of ketones is 1. The van der Waals surface area contributed by atoms with Gasteiger partial charge in [-0.15, -0.1) is 4.99 Å². The van der Waals surface area contributed by atoms with E-state index in [0.717, 1.165) is 16.8 Å². The maximum Gasteiger partial charge on any atom is 0.437 e. The summed E-state index contributed by atoms with van der Waals surface area (Å²) in [5, 5.41) is 13.1. The predicted octanol–water partition coefficient (Wildman–Crippen LogP) is 5.88. The molecule has 1 aliphatic heterocycles. The van der Waals surface area contributed by atoms with Gasteiger partial charge in [-0.2, -0.15) is 18.3 Å². The van der Waals surface area contributed by atoms with E-state index in [2.05, 4.69) is 10.1 Å². The molecule has 2 aromatic carbocycles. The molecule has 0 spiro atoms. The van der Waals surface area contributed by atoms with Crippen LogP contribution in [0.4, 0.5) is 22.4 Å². The first-order valence-electron chi connectivity index (χ1n) is 14.9. The molecule has 254 valence electrons. The van der Waals surface area contributed by atoms with E-state index in [1.165, 1.54) is 24.4 Å². The number of fused-ring (bicyclic) bond motifs is 1. The van der Waals surface area contributed by atoms with Crippen molar-refractivity contribution >= 4 is 17.8 Å². The van der Waals surface area contributed by atoms with Crippen molar-refractivity contribution in [3.05, 3.63) is 88.3 Å². The summed E-state index contributed by atoms with van der Waals surface area (Å²) in [5.74, 6) is -3.75. The lowest BCUT2D eigenvalue weighted by molar-refractivity contribution is -0.141. The number of hydrogen-bond acceptors (Lipinski definition) is 6. The molecule has 1 unspecified atom stereocenters. The molecular formula is C33H33F4N5O6. The second-order valence-corrected chi connectivity index (χ2v) is 12.4. The number of ether oxygens (including phenoxy) is 2. The maximum atomic E-state index is 14.2. The number of benzene rings is 2. The van der Waals surface area contributed by atoms with Gasteiger partial charge in [-0.3, -0.25) is 9.48 Å². The van der Waals surface area contributed by atoms with Crippen LogP contribution in [0.1, 0.15) is 65.2 Å². The summed E-state index contributed by atoms with van der Waals surface area (Å²) in [6, 6.07) is 6.49. The van der Waals surface area contributed by atoms with Gasteiger partial charge in [0.25, 0.3) is 0 Å². The highest BCUT2D eigenvalue weighted by Gasteiger charge is 2.40. The number of Topliss-reactive ketones (excluding diaryl/α,β-unsaturated/α-hetero) is 1. The van der Waals surface area contributed by atoms with E-state index < -0.39 is 52.6 Å². The van der Waals surface area contributed by atoms with E-state index in [1.807, 2.05) is 0 Å². The van der Waals surface area contributed by atoms with Gasteiger partial charge in [-0.25, -0.2) is 14.0 Å². The van der Waals surface area contributed by atoms with Crippen molar-refractivity contribution in [3.63, 3.8) is 0 Å². The number of hydrogen-bond donors (Lipinski definition) is 1. The van der Waals surface area contributed by atoms with Crippen LogP contribution in [0.5, 0.6) is 5.75 Å². The van der Waals surface area contributed by atoms with Gasteiger partial charge >= 0.3 is 18.2 Å². The minimum atomic E-state index is -4.82. The van der Waals surface area contributed by atoms with Crippen molar-refractivity contribution < 1.29 is 46.5 Å². The first kappa shape index (κ1) is 34.1. The molecule has 0 aliphatic carbocycles. The molecule has 4 aromatic rings. The predicted molar refractivity (Wildman–Crippen MR) is 163 cm³/mol. The number of halogens is 4. The Morgan fingerprint density at radius 1 is 1.08 bits per heavy atom. The summed E-state index contributed by atoms with van der Waals surface area (Å²) in [6.45, 7) is 6.64. The second kappa shape index (κ2) is 12.8. The van der Waals surface area contributed by atoms with Crippen molar-refractivity contribution in [1.29, 1.82) is 0 Å². The molecule has 0 saturated heterocycles. The van der Waals surface area contributed by atoms with Crippen LogP contribution in [0.25, 0.3) is 11.1 Å². The Balaban J connectivity index is 1.62. The Labute approximate surface area is 272 Å². The number of aryl methyl sites for hydroxylation is 2. The van der Waals surface area contributed by atoms with E-state index in [1.54, 1.807) is 56.3 Å². The topological polar surface area (TPSA) is 130 Å². The molecule has 1 atom stereocenters. The summed E-state index contributed by atoms with van der Waals surface area (Å²) < 4.78 is 72.4. The Bertz CT molecular complexity index is 1980. The average molecular weight is 672 g/mol.